The highest BCUT2D eigenvalue weighted by atomic mass is 16.2. The van der Waals surface area contributed by atoms with Crippen LogP contribution in [0.5, 0.6) is 0 Å². The topological polar surface area (TPSA) is 49.4 Å². The van der Waals surface area contributed by atoms with Gasteiger partial charge in [0, 0.05) is 19.0 Å². The van der Waals surface area contributed by atoms with Gasteiger partial charge in [0.1, 0.15) is 6.04 Å². The molecule has 1 saturated heterocycles. The number of carbonyl (C=O) groups is 2. The van der Waals surface area contributed by atoms with Gasteiger partial charge in [-0.15, -0.1) is 45.4 Å². The largest absolute Gasteiger partial charge is 0.352 e. The molecule has 0 radical (unpaired) electrons. The van der Waals surface area contributed by atoms with Crippen LogP contribution in [0, 0.1) is 25.7 Å². The molecule has 27 heavy (non-hydrogen) atoms. The molecule has 2 amide bonds. The summed E-state index contributed by atoms with van der Waals surface area (Å²) in [5.41, 5.74) is 0. The van der Waals surface area contributed by atoms with E-state index in [9.17, 15) is 9.59 Å². The molecule has 0 aromatic heterocycles. The van der Waals surface area contributed by atoms with Crippen molar-refractivity contribution in [3.8, 4) is 25.7 Å². The van der Waals surface area contributed by atoms with Crippen LogP contribution in [0.3, 0.4) is 0 Å². The van der Waals surface area contributed by atoms with Gasteiger partial charge in [0.05, 0.1) is 0 Å². The Kier molecular flexibility index (Phi) is 18.2. The fourth-order valence-electron chi connectivity index (χ4n) is 2.92. The molecule has 1 saturated carbocycles. The molecule has 4 nitrogen and oxygen atoms in total. The van der Waals surface area contributed by atoms with Gasteiger partial charge in [-0.3, -0.25) is 9.59 Å². The second-order valence-electron chi connectivity index (χ2n) is 6.27. The molecule has 1 heterocycles. The molecule has 0 unspecified atom stereocenters. The second-order valence-corrected chi connectivity index (χ2v) is 6.27. The third kappa shape index (κ3) is 11.7. The van der Waals surface area contributed by atoms with Crippen LogP contribution in [0.1, 0.15) is 64.2 Å². The van der Waals surface area contributed by atoms with Gasteiger partial charge in [-0.25, -0.2) is 0 Å². The molecule has 1 N–H and O–H groups in total. The minimum Gasteiger partial charge on any atom is -0.352 e. The summed E-state index contributed by atoms with van der Waals surface area (Å²) < 4.78 is 0. The van der Waals surface area contributed by atoms with E-state index in [4.69, 9.17) is 0 Å². The molecule has 0 aromatic carbocycles. The standard InChI is InChI=1S/C17H28N2O2.C2H4.2C2H2/c1-2-3-4-5-6-7-10-16(20)19-13-8-9-15(19)17(21)18-14-11-12-14;3*1-2/h2,14-15H,1,3-13H2,(H,18,21);1-2H2;2*1-2H/t15-;;;/m0.../s1. The number of terminal acetylenes is 2. The van der Waals surface area contributed by atoms with Crippen LogP contribution >= 0.6 is 0 Å². The van der Waals surface area contributed by atoms with Gasteiger partial charge < -0.3 is 10.2 Å². The number of hydrogen-bond acceptors (Lipinski definition) is 2. The van der Waals surface area contributed by atoms with Crippen LogP contribution < -0.4 is 5.32 Å². The number of allylic oxidation sites excluding steroid dienone is 1. The maximum atomic E-state index is 12.3. The lowest BCUT2D eigenvalue weighted by Gasteiger charge is -2.24. The minimum atomic E-state index is -0.209. The number of likely N-dealkylation sites (tertiary alicyclic amines) is 1. The quantitative estimate of drug-likeness (QED) is 0.377. The first-order chi connectivity index (χ1) is 13.2. The summed E-state index contributed by atoms with van der Waals surface area (Å²) in [7, 11) is 0. The number of nitrogens with zero attached hydrogens (tertiary/aromatic N) is 1. The Labute approximate surface area is 166 Å². The fourth-order valence-corrected chi connectivity index (χ4v) is 2.92. The molecule has 2 fully saturated rings. The van der Waals surface area contributed by atoms with Crippen molar-refractivity contribution in [1.82, 2.24) is 10.2 Å². The van der Waals surface area contributed by atoms with E-state index in [1.165, 1.54) is 0 Å². The molecular weight excluding hydrogens is 336 g/mol. The third-order valence-electron chi connectivity index (χ3n) is 4.35. The predicted octanol–water partition coefficient (Wildman–Crippen LogP) is 4.08. The zero-order valence-electron chi connectivity index (χ0n) is 16.7. The molecule has 0 aromatic rings. The summed E-state index contributed by atoms with van der Waals surface area (Å²) >= 11 is 0. The highest BCUT2D eigenvalue weighted by Gasteiger charge is 2.35. The van der Waals surface area contributed by atoms with Gasteiger partial charge in [0.15, 0.2) is 0 Å². The van der Waals surface area contributed by atoms with E-state index in [0.29, 0.717) is 12.5 Å². The Morgan fingerprint density at radius 3 is 2.15 bits per heavy atom. The van der Waals surface area contributed by atoms with Crippen molar-refractivity contribution in [3.05, 3.63) is 25.8 Å². The molecule has 0 spiro atoms. The Morgan fingerprint density at radius 2 is 1.59 bits per heavy atom. The van der Waals surface area contributed by atoms with Crippen molar-refractivity contribution >= 4 is 11.8 Å². The first kappa shape index (κ1) is 26.8. The van der Waals surface area contributed by atoms with Crippen molar-refractivity contribution in [2.45, 2.75) is 76.3 Å². The van der Waals surface area contributed by atoms with Gasteiger partial charge >= 0.3 is 0 Å². The molecular formula is C23H36N2O2. The van der Waals surface area contributed by atoms with E-state index in [1.54, 1.807) is 4.90 Å². The number of hydrogen-bond donors (Lipinski definition) is 1. The van der Waals surface area contributed by atoms with Gasteiger partial charge in [-0.05, 0) is 44.9 Å². The van der Waals surface area contributed by atoms with E-state index in [1.807, 2.05) is 6.08 Å². The third-order valence-corrected chi connectivity index (χ3v) is 4.35. The van der Waals surface area contributed by atoms with Crippen LogP contribution in [0.15, 0.2) is 25.8 Å². The number of unbranched alkanes of at least 4 members (excludes halogenated alkanes) is 4. The normalized spacial score (nSPS) is 16.9. The lowest BCUT2D eigenvalue weighted by molar-refractivity contribution is -0.138. The zero-order valence-corrected chi connectivity index (χ0v) is 16.7. The first-order valence-corrected chi connectivity index (χ1v) is 9.60. The Morgan fingerprint density at radius 1 is 1.00 bits per heavy atom. The lowest BCUT2D eigenvalue weighted by Crippen LogP contribution is -2.46. The molecule has 1 aliphatic carbocycles. The van der Waals surface area contributed by atoms with Crippen LogP contribution in [0.2, 0.25) is 0 Å². The molecule has 1 aliphatic heterocycles. The average molecular weight is 373 g/mol. The maximum Gasteiger partial charge on any atom is 0.243 e. The van der Waals surface area contributed by atoms with Crippen LogP contribution in [0.25, 0.3) is 0 Å². The molecule has 0 bridgehead atoms. The van der Waals surface area contributed by atoms with Crippen molar-refractivity contribution in [1.29, 1.82) is 0 Å². The summed E-state index contributed by atoms with van der Waals surface area (Å²) in [5, 5.41) is 3.03. The van der Waals surface area contributed by atoms with E-state index in [-0.39, 0.29) is 17.9 Å². The number of amides is 2. The Hall–Kier alpha value is -2.46. The van der Waals surface area contributed by atoms with E-state index < -0.39 is 0 Å². The van der Waals surface area contributed by atoms with E-state index in [0.717, 1.165) is 64.3 Å². The SMILES string of the molecule is C#C.C#C.C=C.C=CCCCCCCC(=O)N1CCC[C@H]1C(=O)NC1CC1. The van der Waals surface area contributed by atoms with Crippen LogP contribution in [0.4, 0.5) is 0 Å². The van der Waals surface area contributed by atoms with Crippen molar-refractivity contribution in [2.75, 3.05) is 6.54 Å². The number of nitrogens with one attached hydrogen (secondary N) is 1. The van der Waals surface area contributed by atoms with Crippen molar-refractivity contribution in [3.63, 3.8) is 0 Å². The van der Waals surface area contributed by atoms with Crippen LogP contribution in [-0.4, -0.2) is 35.3 Å². The number of carbonyl (C=O) groups excluding carboxylic acids is 2. The molecule has 4 heteroatoms. The van der Waals surface area contributed by atoms with Crippen molar-refractivity contribution in [2.24, 2.45) is 0 Å². The van der Waals surface area contributed by atoms with E-state index in [2.05, 4.69) is 50.7 Å². The highest BCUT2D eigenvalue weighted by molar-refractivity contribution is 5.88. The highest BCUT2D eigenvalue weighted by Crippen LogP contribution is 2.23. The number of rotatable bonds is 9. The molecule has 2 rings (SSSR count). The monoisotopic (exact) mass is 372 g/mol. The van der Waals surface area contributed by atoms with Gasteiger partial charge in [-0.1, -0.05) is 18.9 Å². The molecule has 150 valence electrons. The summed E-state index contributed by atoms with van der Waals surface area (Å²) in [6.07, 6.45) is 27.9. The van der Waals surface area contributed by atoms with Gasteiger partial charge in [0.2, 0.25) is 11.8 Å². The van der Waals surface area contributed by atoms with Gasteiger partial charge in [0.25, 0.3) is 0 Å². The van der Waals surface area contributed by atoms with Crippen molar-refractivity contribution < 1.29 is 9.59 Å². The molecule has 2 aliphatic rings. The average Bonchev–Trinajstić information content (AvgIpc) is 3.40. The Balaban J connectivity index is 0. The second kappa shape index (κ2) is 18.3. The molecule has 1 atom stereocenters. The smallest absolute Gasteiger partial charge is 0.243 e. The minimum absolute atomic E-state index is 0.0642. The summed E-state index contributed by atoms with van der Waals surface area (Å²) in [4.78, 5) is 26.2. The first-order valence-electron chi connectivity index (χ1n) is 9.60. The zero-order chi connectivity index (χ0) is 21.1. The van der Waals surface area contributed by atoms with E-state index >= 15 is 0 Å². The fraction of sp³-hybridized carbons (Fsp3) is 0.565. The summed E-state index contributed by atoms with van der Waals surface area (Å²) in [6.45, 7) is 10.5. The maximum absolute atomic E-state index is 12.3. The predicted molar refractivity (Wildman–Crippen MR) is 115 cm³/mol. The Bertz CT molecular complexity index is 457. The summed E-state index contributed by atoms with van der Waals surface area (Å²) in [5.74, 6) is 0.224. The lowest BCUT2D eigenvalue weighted by atomic mass is 10.1. The summed E-state index contributed by atoms with van der Waals surface area (Å²) in [6, 6.07) is 0.166. The van der Waals surface area contributed by atoms with Gasteiger partial charge in [-0.2, -0.15) is 0 Å². The van der Waals surface area contributed by atoms with Crippen LogP contribution in [-0.2, 0) is 9.59 Å².